The summed E-state index contributed by atoms with van der Waals surface area (Å²) in [5.41, 5.74) is 2.62. The fourth-order valence-corrected chi connectivity index (χ4v) is 2.78. The highest BCUT2D eigenvalue weighted by Gasteiger charge is 2.28. The maximum atomic E-state index is 12.1. The molecule has 2 aromatic rings. The summed E-state index contributed by atoms with van der Waals surface area (Å²) in [6.07, 6.45) is 0.279. The number of ether oxygens (including phenoxy) is 2. The SMILES string of the molecule is COc1ccc2c(n1)[C@@H](NC(=O)OCc1ccccc1)C[C@@H](C)N2. The molecule has 0 unspecified atom stereocenters. The third-order valence-corrected chi connectivity index (χ3v) is 3.93. The van der Waals surface area contributed by atoms with Crippen LogP contribution in [0.15, 0.2) is 42.5 Å². The lowest BCUT2D eigenvalue weighted by Crippen LogP contribution is -2.37. The molecule has 1 aliphatic rings. The number of carbonyl (C=O) groups is 1. The Kier molecular flexibility index (Phi) is 4.84. The van der Waals surface area contributed by atoms with Crippen molar-refractivity contribution in [3.05, 3.63) is 53.7 Å². The fourth-order valence-electron chi connectivity index (χ4n) is 2.78. The first kappa shape index (κ1) is 16.1. The zero-order chi connectivity index (χ0) is 16.9. The third-order valence-electron chi connectivity index (χ3n) is 3.93. The Morgan fingerprint density at radius 3 is 2.83 bits per heavy atom. The largest absolute Gasteiger partial charge is 0.481 e. The number of amides is 1. The molecule has 24 heavy (non-hydrogen) atoms. The summed E-state index contributed by atoms with van der Waals surface area (Å²) >= 11 is 0. The van der Waals surface area contributed by atoms with Crippen LogP contribution in [0.1, 0.15) is 30.6 Å². The van der Waals surface area contributed by atoms with Crippen molar-refractivity contribution < 1.29 is 14.3 Å². The molecule has 126 valence electrons. The second kappa shape index (κ2) is 7.21. The minimum atomic E-state index is -0.450. The lowest BCUT2D eigenvalue weighted by molar-refractivity contribution is 0.134. The topological polar surface area (TPSA) is 72.5 Å². The molecule has 6 heteroatoms. The highest BCUT2D eigenvalue weighted by molar-refractivity contribution is 5.69. The van der Waals surface area contributed by atoms with Crippen LogP contribution in [0.25, 0.3) is 0 Å². The molecule has 0 saturated heterocycles. The Morgan fingerprint density at radius 2 is 2.08 bits per heavy atom. The number of benzene rings is 1. The second-order valence-corrected chi connectivity index (χ2v) is 5.83. The molecule has 1 amide bonds. The molecular formula is C18H21N3O3. The van der Waals surface area contributed by atoms with Crippen molar-refractivity contribution in [1.29, 1.82) is 0 Å². The monoisotopic (exact) mass is 327 g/mol. The summed E-state index contributed by atoms with van der Waals surface area (Å²) < 4.78 is 10.5. The number of rotatable bonds is 4. The standard InChI is InChI=1S/C18H21N3O3/c1-12-10-15(17-14(19-12)8-9-16(21-17)23-2)20-18(22)24-11-13-6-4-3-5-7-13/h3-9,12,15,19H,10-11H2,1-2H3,(H,20,22)/t12-,15+/m1/s1. The van der Waals surface area contributed by atoms with Crippen LogP contribution in [0, 0.1) is 0 Å². The van der Waals surface area contributed by atoms with E-state index >= 15 is 0 Å². The normalized spacial score (nSPS) is 18.9. The van der Waals surface area contributed by atoms with Gasteiger partial charge in [-0.1, -0.05) is 30.3 Å². The lowest BCUT2D eigenvalue weighted by Gasteiger charge is -2.30. The molecule has 0 spiro atoms. The smallest absolute Gasteiger partial charge is 0.408 e. The second-order valence-electron chi connectivity index (χ2n) is 5.83. The number of hydrogen-bond donors (Lipinski definition) is 2. The molecule has 6 nitrogen and oxygen atoms in total. The molecule has 3 rings (SSSR count). The number of nitrogens with zero attached hydrogens (tertiary/aromatic N) is 1. The van der Waals surface area contributed by atoms with Crippen LogP contribution in [0.4, 0.5) is 10.5 Å². The van der Waals surface area contributed by atoms with Gasteiger partial charge in [-0.2, -0.15) is 0 Å². The van der Waals surface area contributed by atoms with Gasteiger partial charge < -0.3 is 20.1 Å². The molecule has 1 aromatic carbocycles. The summed E-state index contributed by atoms with van der Waals surface area (Å²) in [5.74, 6) is 0.523. The number of aromatic nitrogens is 1. The van der Waals surface area contributed by atoms with Crippen molar-refractivity contribution >= 4 is 11.8 Å². The Hall–Kier alpha value is -2.76. The van der Waals surface area contributed by atoms with Crippen LogP contribution in [0.2, 0.25) is 0 Å². The van der Waals surface area contributed by atoms with Gasteiger partial charge in [-0.25, -0.2) is 9.78 Å². The van der Waals surface area contributed by atoms with Gasteiger partial charge in [0, 0.05) is 12.1 Å². The summed E-state index contributed by atoms with van der Waals surface area (Å²) in [6, 6.07) is 13.3. The van der Waals surface area contributed by atoms with Gasteiger partial charge in [0.1, 0.15) is 6.61 Å². The van der Waals surface area contributed by atoms with Gasteiger partial charge in [0.2, 0.25) is 5.88 Å². The number of pyridine rings is 1. The zero-order valence-corrected chi connectivity index (χ0v) is 13.8. The molecule has 0 aliphatic carbocycles. The summed E-state index contributed by atoms with van der Waals surface area (Å²) in [5, 5.41) is 6.27. The predicted octanol–water partition coefficient (Wildman–Crippen LogP) is 3.26. The number of carbonyl (C=O) groups excluding carboxylic acids is 1. The molecular weight excluding hydrogens is 306 g/mol. The average Bonchev–Trinajstić information content (AvgIpc) is 2.60. The van der Waals surface area contributed by atoms with Gasteiger partial charge in [0.15, 0.2) is 0 Å². The minimum Gasteiger partial charge on any atom is -0.481 e. The van der Waals surface area contributed by atoms with E-state index in [0.717, 1.165) is 23.4 Å². The van der Waals surface area contributed by atoms with Gasteiger partial charge in [-0.3, -0.25) is 0 Å². The van der Waals surface area contributed by atoms with E-state index in [0.29, 0.717) is 5.88 Å². The fraction of sp³-hybridized carbons (Fsp3) is 0.333. The molecule has 2 N–H and O–H groups in total. The number of anilines is 1. The van der Waals surface area contributed by atoms with E-state index in [9.17, 15) is 4.79 Å². The van der Waals surface area contributed by atoms with E-state index < -0.39 is 6.09 Å². The van der Waals surface area contributed by atoms with Gasteiger partial charge >= 0.3 is 6.09 Å². The number of fused-ring (bicyclic) bond motifs is 1. The Balaban J connectivity index is 1.67. The van der Waals surface area contributed by atoms with Crippen molar-refractivity contribution in [2.24, 2.45) is 0 Å². The lowest BCUT2D eigenvalue weighted by atomic mass is 9.98. The molecule has 1 aromatic heterocycles. The van der Waals surface area contributed by atoms with Gasteiger partial charge in [-0.05, 0) is 25.0 Å². The highest BCUT2D eigenvalue weighted by atomic mass is 16.5. The number of nitrogens with one attached hydrogen (secondary N) is 2. The van der Waals surface area contributed by atoms with Crippen LogP contribution >= 0.6 is 0 Å². The first-order valence-corrected chi connectivity index (χ1v) is 7.94. The molecule has 0 radical (unpaired) electrons. The van der Waals surface area contributed by atoms with E-state index in [2.05, 4.69) is 22.5 Å². The van der Waals surface area contributed by atoms with E-state index in [4.69, 9.17) is 9.47 Å². The van der Waals surface area contributed by atoms with E-state index in [-0.39, 0.29) is 18.7 Å². The third kappa shape index (κ3) is 3.76. The molecule has 0 fully saturated rings. The quantitative estimate of drug-likeness (QED) is 0.902. The molecule has 0 saturated carbocycles. The Labute approximate surface area is 141 Å². The van der Waals surface area contributed by atoms with E-state index in [1.165, 1.54) is 0 Å². The van der Waals surface area contributed by atoms with Gasteiger partial charge in [-0.15, -0.1) is 0 Å². The molecule has 2 atom stereocenters. The summed E-state index contributed by atoms with van der Waals surface area (Å²) in [4.78, 5) is 16.6. The molecule has 1 aliphatic heterocycles. The maximum Gasteiger partial charge on any atom is 0.408 e. The molecule has 2 heterocycles. The summed E-state index contributed by atoms with van der Waals surface area (Å²) in [6.45, 7) is 2.31. The average molecular weight is 327 g/mol. The van der Waals surface area contributed by atoms with Crippen LogP contribution in [0.5, 0.6) is 5.88 Å². The first-order chi connectivity index (χ1) is 11.7. The van der Waals surface area contributed by atoms with Crippen molar-refractivity contribution in [2.45, 2.75) is 32.0 Å². The van der Waals surface area contributed by atoms with Crippen LogP contribution in [-0.2, 0) is 11.3 Å². The van der Waals surface area contributed by atoms with Crippen LogP contribution in [0.3, 0.4) is 0 Å². The summed E-state index contributed by atoms with van der Waals surface area (Å²) in [7, 11) is 1.57. The van der Waals surface area contributed by atoms with Gasteiger partial charge in [0.05, 0.1) is 24.5 Å². The number of alkyl carbamates (subject to hydrolysis) is 1. The van der Waals surface area contributed by atoms with Crippen molar-refractivity contribution in [3.8, 4) is 5.88 Å². The van der Waals surface area contributed by atoms with Gasteiger partial charge in [0.25, 0.3) is 0 Å². The van der Waals surface area contributed by atoms with Crippen molar-refractivity contribution in [2.75, 3.05) is 12.4 Å². The number of hydrogen-bond acceptors (Lipinski definition) is 5. The Bertz CT molecular complexity index is 706. The van der Waals surface area contributed by atoms with Crippen LogP contribution < -0.4 is 15.4 Å². The predicted molar refractivity (Wildman–Crippen MR) is 91.0 cm³/mol. The van der Waals surface area contributed by atoms with E-state index in [1.807, 2.05) is 36.4 Å². The highest BCUT2D eigenvalue weighted by Crippen LogP contribution is 2.32. The zero-order valence-electron chi connectivity index (χ0n) is 13.8. The van der Waals surface area contributed by atoms with E-state index in [1.54, 1.807) is 13.2 Å². The Morgan fingerprint density at radius 1 is 1.29 bits per heavy atom. The number of methoxy groups -OCH3 is 1. The first-order valence-electron chi connectivity index (χ1n) is 7.94. The van der Waals surface area contributed by atoms with Crippen LogP contribution in [-0.4, -0.2) is 24.2 Å². The van der Waals surface area contributed by atoms with Crippen molar-refractivity contribution in [3.63, 3.8) is 0 Å². The van der Waals surface area contributed by atoms with Crippen molar-refractivity contribution in [1.82, 2.24) is 10.3 Å². The maximum absolute atomic E-state index is 12.1. The molecule has 0 bridgehead atoms. The minimum absolute atomic E-state index is 0.213.